The minimum atomic E-state index is 0.546. The van der Waals surface area contributed by atoms with Crippen molar-refractivity contribution in [2.75, 3.05) is 0 Å². The Morgan fingerprint density at radius 3 is 2.45 bits per heavy atom. The zero-order valence-corrected chi connectivity index (χ0v) is 7.65. The van der Waals surface area contributed by atoms with Gasteiger partial charge in [-0.05, 0) is 36.0 Å². The maximum Gasteiger partial charge on any atom is 0.0123 e. The van der Waals surface area contributed by atoms with Crippen LogP contribution in [0.4, 0.5) is 0 Å². The molecule has 0 aliphatic heterocycles. The molecular formula is C10H17N. The van der Waals surface area contributed by atoms with Crippen molar-refractivity contribution in [2.24, 2.45) is 23.2 Å². The molecular weight excluding hydrogens is 134 g/mol. The minimum absolute atomic E-state index is 0.546. The van der Waals surface area contributed by atoms with E-state index >= 15 is 0 Å². The molecule has 3 aliphatic carbocycles. The summed E-state index contributed by atoms with van der Waals surface area (Å²) in [7, 11) is 0. The molecule has 0 aromatic heterocycles. The number of rotatable bonds is 0. The molecule has 0 heterocycles. The summed E-state index contributed by atoms with van der Waals surface area (Å²) in [6, 6.07) is 0. The van der Waals surface area contributed by atoms with Crippen molar-refractivity contribution in [3.05, 3.63) is 0 Å². The number of hydrogen-bond acceptors (Lipinski definition) is 1. The molecule has 1 heteroatoms. The van der Waals surface area contributed by atoms with Crippen LogP contribution in [0.15, 0.2) is 0 Å². The number of fused-ring (bicyclic) bond motifs is 2. The van der Waals surface area contributed by atoms with E-state index in [4.69, 9.17) is 5.41 Å². The van der Waals surface area contributed by atoms with Gasteiger partial charge in [0, 0.05) is 5.71 Å². The van der Waals surface area contributed by atoms with Crippen molar-refractivity contribution < 1.29 is 0 Å². The van der Waals surface area contributed by atoms with Crippen LogP contribution in [0.3, 0.4) is 0 Å². The molecule has 0 aromatic rings. The highest BCUT2D eigenvalue weighted by atomic mass is 14.6. The van der Waals surface area contributed by atoms with Crippen molar-refractivity contribution in [1.82, 2.24) is 0 Å². The van der Waals surface area contributed by atoms with Crippen LogP contribution < -0.4 is 0 Å². The summed E-state index contributed by atoms with van der Waals surface area (Å²) in [5.41, 5.74) is 1.55. The van der Waals surface area contributed by atoms with E-state index in [1.165, 1.54) is 6.42 Å². The van der Waals surface area contributed by atoms with Gasteiger partial charge in [0.05, 0.1) is 0 Å². The van der Waals surface area contributed by atoms with Gasteiger partial charge in [-0.3, -0.25) is 0 Å². The molecule has 3 rings (SSSR count). The van der Waals surface area contributed by atoms with E-state index in [9.17, 15) is 0 Å². The van der Waals surface area contributed by atoms with Gasteiger partial charge < -0.3 is 5.41 Å². The monoisotopic (exact) mass is 151 g/mol. The standard InChI is InChI=1S/C10H17N/c1-6-8-4-7(5-9(6)11)10(8,2)3/h6-8,11H,4-5H2,1-3H3/t6-,7-,8+/m1/s1. The van der Waals surface area contributed by atoms with E-state index in [0.29, 0.717) is 11.3 Å². The summed E-state index contributed by atoms with van der Waals surface area (Å²) in [5, 5.41) is 7.73. The smallest absolute Gasteiger partial charge is 0.0123 e. The minimum Gasteiger partial charge on any atom is -0.309 e. The normalized spacial score (nSPS) is 46.8. The summed E-state index contributed by atoms with van der Waals surface area (Å²) >= 11 is 0. The summed E-state index contributed by atoms with van der Waals surface area (Å²) < 4.78 is 0. The van der Waals surface area contributed by atoms with Gasteiger partial charge in [-0.1, -0.05) is 20.8 Å². The van der Waals surface area contributed by atoms with Gasteiger partial charge in [0.15, 0.2) is 0 Å². The van der Waals surface area contributed by atoms with Crippen molar-refractivity contribution in [1.29, 1.82) is 5.41 Å². The second-order valence-corrected chi connectivity index (χ2v) is 4.88. The largest absolute Gasteiger partial charge is 0.309 e. The van der Waals surface area contributed by atoms with Crippen molar-refractivity contribution in [2.45, 2.75) is 33.6 Å². The van der Waals surface area contributed by atoms with Gasteiger partial charge in [0.25, 0.3) is 0 Å². The first-order valence-corrected chi connectivity index (χ1v) is 4.61. The van der Waals surface area contributed by atoms with Gasteiger partial charge in [0.2, 0.25) is 0 Å². The SMILES string of the molecule is C[C@H]1C(=N)C[C@H]2C[C@@H]1C2(C)C. The topological polar surface area (TPSA) is 23.9 Å². The quantitative estimate of drug-likeness (QED) is 0.550. The number of hydrogen-bond donors (Lipinski definition) is 1. The Kier molecular flexibility index (Phi) is 1.25. The third-order valence-electron chi connectivity index (χ3n) is 4.17. The van der Waals surface area contributed by atoms with Gasteiger partial charge >= 0.3 is 0 Å². The van der Waals surface area contributed by atoms with Gasteiger partial charge in [-0.2, -0.15) is 0 Å². The Morgan fingerprint density at radius 1 is 1.45 bits per heavy atom. The van der Waals surface area contributed by atoms with Gasteiger partial charge in [0.1, 0.15) is 0 Å². The summed E-state index contributed by atoms with van der Waals surface area (Å²) in [4.78, 5) is 0. The molecule has 0 aromatic carbocycles. The van der Waals surface area contributed by atoms with Crippen LogP contribution >= 0.6 is 0 Å². The second kappa shape index (κ2) is 1.88. The Labute approximate surface area is 68.7 Å². The maximum atomic E-state index is 7.73. The molecule has 0 unspecified atom stereocenters. The Hall–Kier alpha value is -0.330. The molecule has 3 aliphatic rings. The first kappa shape index (κ1) is 7.33. The second-order valence-electron chi connectivity index (χ2n) is 4.88. The van der Waals surface area contributed by atoms with E-state index in [1.807, 2.05) is 0 Å². The van der Waals surface area contributed by atoms with Crippen LogP contribution in [-0.4, -0.2) is 5.71 Å². The molecule has 11 heavy (non-hydrogen) atoms. The molecule has 0 amide bonds. The third-order valence-corrected chi connectivity index (χ3v) is 4.17. The Balaban J connectivity index is 2.23. The highest BCUT2D eigenvalue weighted by Crippen LogP contribution is 2.60. The molecule has 1 N–H and O–H groups in total. The molecule has 3 saturated carbocycles. The highest BCUT2D eigenvalue weighted by Gasteiger charge is 2.54. The fourth-order valence-electron chi connectivity index (χ4n) is 2.95. The lowest BCUT2D eigenvalue weighted by molar-refractivity contribution is -0.0524. The van der Waals surface area contributed by atoms with Crippen LogP contribution in [0, 0.1) is 28.6 Å². The van der Waals surface area contributed by atoms with E-state index in [2.05, 4.69) is 20.8 Å². The number of nitrogens with one attached hydrogen (secondary N) is 1. The third kappa shape index (κ3) is 0.743. The molecule has 1 nitrogen and oxygen atoms in total. The van der Waals surface area contributed by atoms with Crippen molar-refractivity contribution in [3.63, 3.8) is 0 Å². The van der Waals surface area contributed by atoms with Crippen LogP contribution in [0.1, 0.15) is 33.6 Å². The lowest BCUT2D eigenvalue weighted by Gasteiger charge is -2.59. The average Bonchev–Trinajstić information content (AvgIpc) is 1.93. The lowest BCUT2D eigenvalue weighted by Crippen LogP contribution is -2.55. The first-order valence-electron chi connectivity index (χ1n) is 4.61. The predicted octanol–water partition coefficient (Wildman–Crippen LogP) is 2.71. The Morgan fingerprint density at radius 2 is 2.09 bits per heavy atom. The summed E-state index contributed by atoms with van der Waals surface area (Å²) in [6.07, 6.45) is 2.46. The van der Waals surface area contributed by atoms with Gasteiger partial charge in [-0.25, -0.2) is 0 Å². The van der Waals surface area contributed by atoms with Crippen molar-refractivity contribution >= 4 is 5.71 Å². The van der Waals surface area contributed by atoms with Crippen LogP contribution in [0.25, 0.3) is 0 Å². The van der Waals surface area contributed by atoms with E-state index < -0.39 is 0 Å². The highest BCUT2D eigenvalue weighted by molar-refractivity contribution is 5.86. The maximum absolute atomic E-state index is 7.73. The fourth-order valence-corrected chi connectivity index (χ4v) is 2.95. The summed E-state index contributed by atoms with van der Waals surface area (Å²) in [5.74, 6) is 2.21. The molecule has 3 atom stereocenters. The lowest BCUT2D eigenvalue weighted by atomic mass is 9.45. The van der Waals surface area contributed by atoms with E-state index in [0.717, 1.165) is 24.0 Å². The van der Waals surface area contributed by atoms with Gasteiger partial charge in [-0.15, -0.1) is 0 Å². The van der Waals surface area contributed by atoms with Crippen LogP contribution in [-0.2, 0) is 0 Å². The van der Waals surface area contributed by atoms with Crippen molar-refractivity contribution in [3.8, 4) is 0 Å². The summed E-state index contributed by atoms with van der Waals surface area (Å²) in [6.45, 7) is 6.97. The fraction of sp³-hybridized carbons (Fsp3) is 0.900. The van der Waals surface area contributed by atoms with E-state index in [-0.39, 0.29) is 0 Å². The molecule has 0 spiro atoms. The molecule has 0 radical (unpaired) electrons. The predicted molar refractivity (Wildman–Crippen MR) is 46.9 cm³/mol. The molecule has 3 fully saturated rings. The molecule has 0 saturated heterocycles. The first-order chi connectivity index (χ1) is 5.03. The average molecular weight is 151 g/mol. The molecule has 2 bridgehead atoms. The van der Waals surface area contributed by atoms with E-state index in [1.54, 1.807) is 0 Å². The van der Waals surface area contributed by atoms with Crippen LogP contribution in [0.5, 0.6) is 0 Å². The molecule has 62 valence electrons. The van der Waals surface area contributed by atoms with Crippen LogP contribution in [0.2, 0.25) is 0 Å². The zero-order chi connectivity index (χ0) is 8.22. The zero-order valence-electron chi connectivity index (χ0n) is 7.65. The Bertz CT molecular complexity index is 205.